The van der Waals surface area contributed by atoms with Crippen LogP contribution < -0.4 is 5.73 Å². The van der Waals surface area contributed by atoms with Gasteiger partial charge in [0.2, 0.25) is 5.95 Å². The Morgan fingerprint density at radius 1 is 1.47 bits per heavy atom. The largest absolute Gasteiger partial charge is 0.366 e. The number of nitrogens with zero attached hydrogens (tertiary/aromatic N) is 4. The number of aromatic nitrogens is 5. The molecule has 6 nitrogen and oxygen atoms in total. The van der Waals surface area contributed by atoms with Crippen molar-refractivity contribution < 1.29 is 0 Å². The number of imidazole rings is 1. The van der Waals surface area contributed by atoms with Gasteiger partial charge in [0.25, 0.3) is 0 Å². The SMILES string of the molecule is Cc1ncc(-c2nc(N)nn2C(C)C)[nH]1. The Hall–Kier alpha value is -1.85. The zero-order chi connectivity index (χ0) is 11.0. The molecule has 0 saturated heterocycles. The summed E-state index contributed by atoms with van der Waals surface area (Å²) >= 11 is 0. The Bertz CT molecular complexity index is 467. The third kappa shape index (κ3) is 1.70. The Kier molecular flexibility index (Phi) is 2.18. The van der Waals surface area contributed by atoms with E-state index in [0.717, 1.165) is 17.3 Å². The first-order valence-corrected chi connectivity index (χ1v) is 4.82. The normalized spacial score (nSPS) is 11.2. The van der Waals surface area contributed by atoms with Crippen LogP contribution in [0.15, 0.2) is 6.20 Å². The summed E-state index contributed by atoms with van der Waals surface area (Å²) in [7, 11) is 0. The van der Waals surface area contributed by atoms with Gasteiger partial charge < -0.3 is 10.7 Å². The summed E-state index contributed by atoms with van der Waals surface area (Å²) in [4.78, 5) is 11.4. The molecule has 0 saturated carbocycles. The van der Waals surface area contributed by atoms with Gasteiger partial charge in [-0.3, -0.25) is 0 Å². The number of nitrogen functional groups attached to an aromatic ring is 1. The molecule has 0 fully saturated rings. The first-order valence-electron chi connectivity index (χ1n) is 4.82. The fourth-order valence-corrected chi connectivity index (χ4v) is 1.42. The first kappa shape index (κ1) is 9.70. The molecule has 0 amide bonds. The van der Waals surface area contributed by atoms with E-state index in [4.69, 9.17) is 5.73 Å². The molecule has 2 rings (SSSR count). The molecule has 80 valence electrons. The van der Waals surface area contributed by atoms with Gasteiger partial charge in [-0.25, -0.2) is 9.67 Å². The third-order valence-corrected chi connectivity index (χ3v) is 2.08. The third-order valence-electron chi connectivity index (χ3n) is 2.08. The molecular weight excluding hydrogens is 192 g/mol. The molecule has 0 radical (unpaired) electrons. The van der Waals surface area contributed by atoms with E-state index in [1.807, 2.05) is 20.8 Å². The van der Waals surface area contributed by atoms with Crippen molar-refractivity contribution in [3.8, 4) is 11.5 Å². The van der Waals surface area contributed by atoms with Gasteiger partial charge in [0.1, 0.15) is 11.5 Å². The van der Waals surface area contributed by atoms with Crippen LogP contribution >= 0.6 is 0 Å². The smallest absolute Gasteiger partial charge is 0.240 e. The number of anilines is 1. The van der Waals surface area contributed by atoms with E-state index in [1.54, 1.807) is 10.9 Å². The van der Waals surface area contributed by atoms with Gasteiger partial charge in [-0.2, -0.15) is 4.98 Å². The maximum absolute atomic E-state index is 5.58. The van der Waals surface area contributed by atoms with E-state index in [1.165, 1.54) is 0 Å². The molecule has 0 unspecified atom stereocenters. The predicted octanol–water partition coefficient (Wildman–Crippen LogP) is 1.14. The lowest BCUT2D eigenvalue weighted by atomic mass is 10.3. The number of nitrogens with two attached hydrogens (primary N) is 1. The van der Waals surface area contributed by atoms with Crippen molar-refractivity contribution in [3.05, 3.63) is 12.0 Å². The minimum Gasteiger partial charge on any atom is -0.366 e. The van der Waals surface area contributed by atoms with Crippen LogP contribution in [0.5, 0.6) is 0 Å². The second kappa shape index (κ2) is 3.38. The van der Waals surface area contributed by atoms with Crippen LogP contribution in [-0.2, 0) is 0 Å². The number of nitrogens with one attached hydrogen (secondary N) is 1. The minimum absolute atomic E-state index is 0.216. The Morgan fingerprint density at radius 2 is 2.20 bits per heavy atom. The highest BCUT2D eigenvalue weighted by atomic mass is 15.4. The van der Waals surface area contributed by atoms with Crippen LogP contribution in [0.4, 0.5) is 5.95 Å². The van der Waals surface area contributed by atoms with E-state index in [9.17, 15) is 0 Å². The van der Waals surface area contributed by atoms with Crippen molar-refractivity contribution in [3.63, 3.8) is 0 Å². The number of aromatic amines is 1. The summed E-state index contributed by atoms with van der Waals surface area (Å²) in [5.41, 5.74) is 6.42. The number of aryl methyl sites for hydroxylation is 1. The monoisotopic (exact) mass is 206 g/mol. The van der Waals surface area contributed by atoms with Crippen molar-refractivity contribution >= 4 is 5.95 Å². The van der Waals surface area contributed by atoms with Crippen molar-refractivity contribution in [2.75, 3.05) is 5.73 Å². The van der Waals surface area contributed by atoms with Gasteiger partial charge in [0, 0.05) is 6.04 Å². The van der Waals surface area contributed by atoms with E-state index < -0.39 is 0 Å². The van der Waals surface area contributed by atoms with Crippen LogP contribution in [0.3, 0.4) is 0 Å². The van der Waals surface area contributed by atoms with Gasteiger partial charge in [0.15, 0.2) is 5.82 Å². The molecule has 0 aliphatic carbocycles. The van der Waals surface area contributed by atoms with Gasteiger partial charge >= 0.3 is 0 Å². The molecule has 0 aliphatic heterocycles. The van der Waals surface area contributed by atoms with Gasteiger partial charge in [-0.15, -0.1) is 5.10 Å². The number of H-pyrrole nitrogens is 1. The van der Waals surface area contributed by atoms with Crippen molar-refractivity contribution in [1.82, 2.24) is 24.7 Å². The molecule has 3 N–H and O–H groups in total. The second-order valence-electron chi connectivity index (χ2n) is 3.71. The zero-order valence-corrected chi connectivity index (χ0v) is 9.02. The zero-order valence-electron chi connectivity index (χ0n) is 9.02. The van der Waals surface area contributed by atoms with E-state index in [-0.39, 0.29) is 12.0 Å². The highest BCUT2D eigenvalue weighted by Crippen LogP contribution is 2.19. The molecule has 2 aromatic heterocycles. The Balaban J connectivity index is 2.52. The maximum atomic E-state index is 5.58. The molecule has 0 aliphatic rings. The molecule has 2 aromatic rings. The number of hydrogen-bond donors (Lipinski definition) is 2. The van der Waals surface area contributed by atoms with E-state index in [2.05, 4.69) is 20.1 Å². The molecular formula is C9H14N6. The average Bonchev–Trinajstić information content (AvgIpc) is 2.71. The van der Waals surface area contributed by atoms with Crippen LogP contribution in [0.25, 0.3) is 11.5 Å². The second-order valence-corrected chi connectivity index (χ2v) is 3.71. The van der Waals surface area contributed by atoms with E-state index in [0.29, 0.717) is 0 Å². The Labute approximate surface area is 87.5 Å². The van der Waals surface area contributed by atoms with Crippen LogP contribution in [0.1, 0.15) is 25.7 Å². The van der Waals surface area contributed by atoms with Crippen LogP contribution in [0, 0.1) is 6.92 Å². The molecule has 0 atom stereocenters. The van der Waals surface area contributed by atoms with Gasteiger partial charge in [0.05, 0.1) is 6.20 Å². The molecule has 6 heteroatoms. The predicted molar refractivity (Wildman–Crippen MR) is 57.1 cm³/mol. The van der Waals surface area contributed by atoms with Crippen molar-refractivity contribution in [2.45, 2.75) is 26.8 Å². The molecule has 15 heavy (non-hydrogen) atoms. The van der Waals surface area contributed by atoms with Crippen LogP contribution in [-0.4, -0.2) is 24.7 Å². The summed E-state index contributed by atoms with van der Waals surface area (Å²) in [5, 5.41) is 4.13. The highest BCUT2D eigenvalue weighted by molar-refractivity contribution is 5.50. The van der Waals surface area contributed by atoms with E-state index >= 15 is 0 Å². The number of rotatable bonds is 2. The lowest BCUT2D eigenvalue weighted by molar-refractivity contribution is 0.538. The van der Waals surface area contributed by atoms with Crippen LogP contribution in [0.2, 0.25) is 0 Å². The quantitative estimate of drug-likeness (QED) is 0.771. The summed E-state index contributed by atoms with van der Waals surface area (Å²) in [5.74, 6) is 1.86. The molecule has 0 aromatic carbocycles. The van der Waals surface area contributed by atoms with Crippen molar-refractivity contribution in [1.29, 1.82) is 0 Å². The molecule has 2 heterocycles. The summed E-state index contributed by atoms with van der Waals surface area (Å²) < 4.78 is 1.78. The standard InChI is InChI=1S/C9H14N6/c1-5(2)15-8(13-9(10)14-15)7-4-11-6(3)12-7/h4-5H,1-3H3,(H2,10,14)(H,11,12). The minimum atomic E-state index is 0.216. The summed E-state index contributed by atoms with van der Waals surface area (Å²) in [6, 6.07) is 0.216. The fraction of sp³-hybridized carbons (Fsp3) is 0.444. The number of hydrogen-bond acceptors (Lipinski definition) is 4. The lowest BCUT2D eigenvalue weighted by Gasteiger charge is -2.06. The van der Waals surface area contributed by atoms with Crippen molar-refractivity contribution in [2.24, 2.45) is 0 Å². The summed E-state index contributed by atoms with van der Waals surface area (Å²) in [6.07, 6.45) is 1.73. The average molecular weight is 206 g/mol. The topological polar surface area (TPSA) is 85.4 Å². The van der Waals surface area contributed by atoms with Gasteiger partial charge in [-0.1, -0.05) is 0 Å². The molecule has 0 spiro atoms. The first-order chi connectivity index (χ1) is 7.08. The Morgan fingerprint density at radius 3 is 2.73 bits per heavy atom. The maximum Gasteiger partial charge on any atom is 0.240 e. The van der Waals surface area contributed by atoms with Gasteiger partial charge in [-0.05, 0) is 20.8 Å². The fourth-order valence-electron chi connectivity index (χ4n) is 1.42. The molecule has 0 bridgehead atoms. The lowest BCUT2D eigenvalue weighted by Crippen LogP contribution is -2.05. The summed E-state index contributed by atoms with van der Waals surface area (Å²) in [6.45, 7) is 5.95. The highest BCUT2D eigenvalue weighted by Gasteiger charge is 2.14.